The van der Waals surface area contributed by atoms with E-state index in [4.69, 9.17) is 4.74 Å². The molecule has 0 spiro atoms. The molecule has 0 radical (unpaired) electrons. The minimum absolute atomic E-state index is 0.159. The van der Waals surface area contributed by atoms with E-state index in [0.29, 0.717) is 19.3 Å². The van der Waals surface area contributed by atoms with Gasteiger partial charge in [-0.25, -0.2) is 13.4 Å². The van der Waals surface area contributed by atoms with Crippen LogP contribution in [0.15, 0.2) is 40.3 Å². The van der Waals surface area contributed by atoms with Crippen molar-refractivity contribution in [1.82, 2.24) is 14.3 Å². The maximum atomic E-state index is 13.2. The Kier molecular flexibility index (Phi) is 4.32. The summed E-state index contributed by atoms with van der Waals surface area (Å²) in [5, 5.41) is 1.90. The van der Waals surface area contributed by atoms with Crippen molar-refractivity contribution < 1.29 is 17.9 Å². The molecule has 0 saturated carbocycles. The smallest absolute Gasteiger partial charge is 0.313 e. The van der Waals surface area contributed by atoms with Crippen LogP contribution in [-0.4, -0.2) is 47.9 Å². The predicted molar refractivity (Wildman–Crippen MR) is 95.0 cm³/mol. The molecule has 2 bridgehead atoms. The number of esters is 1. The van der Waals surface area contributed by atoms with Gasteiger partial charge in [0.1, 0.15) is 4.90 Å². The predicted octanol–water partition coefficient (Wildman–Crippen LogP) is 1.87. The fourth-order valence-electron chi connectivity index (χ4n) is 4.45. The second-order valence-corrected chi connectivity index (χ2v) is 9.34. The summed E-state index contributed by atoms with van der Waals surface area (Å²) >= 11 is 1.46. The van der Waals surface area contributed by atoms with Gasteiger partial charge in [-0.15, -0.1) is 11.3 Å². The van der Waals surface area contributed by atoms with E-state index in [-0.39, 0.29) is 16.9 Å². The van der Waals surface area contributed by atoms with Crippen LogP contribution in [0.5, 0.6) is 0 Å². The summed E-state index contributed by atoms with van der Waals surface area (Å²) in [6.45, 7) is 0. The van der Waals surface area contributed by atoms with E-state index in [1.165, 1.54) is 28.9 Å². The molecule has 2 aromatic rings. The summed E-state index contributed by atoms with van der Waals surface area (Å²) in [6.07, 6.45) is 5.14. The standard InChI is InChI=1S/C17H19N3O4S2/c1-24-16(21)17(7-12-10-25-11-19-12)8-13-4-5-15(17)20(13)26(22,23)14-3-2-6-18-9-14/h2-3,6,9-11,13,15H,4-5,7-8H2,1H3/t13-,15+,17+/m1/s1. The van der Waals surface area contributed by atoms with E-state index >= 15 is 0 Å². The highest BCUT2D eigenvalue weighted by molar-refractivity contribution is 7.89. The van der Waals surface area contributed by atoms with E-state index in [1.54, 1.807) is 23.8 Å². The molecule has 7 nitrogen and oxygen atoms in total. The van der Waals surface area contributed by atoms with E-state index in [2.05, 4.69) is 9.97 Å². The lowest BCUT2D eigenvalue weighted by Gasteiger charge is -2.34. The molecule has 0 amide bonds. The lowest BCUT2D eigenvalue weighted by atomic mass is 9.71. The van der Waals surface area contributed by atoms with Gasteiger partial charge >= 0.3 is 5.97 Å². The fourth-order valence-corrected chi connectivity index (χ4v) is 6.91. The van der Waals surface area contributed by atoms with Crippen molar-refractivity contribution in [3.8, 4) is 0 Å². The molecule has 2 saturated heterocycles. The minimum atomic E-state index is -3.72. The Morgan fingerprint density at radius 2 is 2.31 bits per heavy atom. The summed E-state index contributed by atoms with van der Waals surface area (Å²) < 4.78 is 33.1. The van der Waals surface area contributed by atoms with Crippen molar-refractivity contribution in [1.29, 1.82) is 0 Å². The number of thiazole rings is 1. The van der Waals surface area contributed by atoms with E-state index in [1.807, 2.05) is 5.38 Å². The van der Waals surface area contributed by atoms with Gasteiger partial charge in [0, 0.05) is 36.3 Å². The Morgan fingerprint density at radius 3 is 2.96 bits per heavy atom. The summed E-state index contributed by atoms with van der Waals surface area (Å²) in [5.74, 6) is -0.357. The SMILES string of the molecule is COC(=O)[C@@]1(Cc2cscn2)C[C@H]2CC[C@@H]1N2S(=O)(=O)c1cccnc1. The topological polar surface area (TPSA) is 89.5 Å². The van der Waals surface area contributed by atoms with Gasteiger partial charge in [0.05, 0.1) is 23.7 Å². The number of aromatic nitrogens is 2. The number of rotatable bonds is 5. The summed E-state index contributed by atoms with van der Waals surface area (Å²) in [5.41, 5.74) is 1.63. The lowest BCUT2D eigenvalue weighted by Crippen LogP contribution is -2.47. The number of sulfonamides is 1. The number of fused-ring (bicyclic) bond motifs is 2. The Hall–Kier alpha value is -1.84. The molecule has 138 valence electrons. The van der Waals surface area contributed by atoms with E-state index in [0.717, 1.165) is 12.1 Å². The normalized spacial score (nSPS) is 28.3. The third-order valence-electron chi connectivity index (χ3n) is 5.46. The molecule has 9 heteroatoms. The third-order valence-corrected chi connectivity index (χ3v) is 8.04. The molecule has 2 fully saturated rings. The first-order chi connectivity index (χ1) is 12.5. The minimum Gasteiger partial charge on any atom is -0.469 e. The first-order valence-electron chi connectivity index (χ1n) is 8.38. The Balaban J connectivity index is 1.75. The van der Waals surface area contributed by atoms with Gasteiger partial charge in [0.2, 0.25) is 10.0 Å². The second-order valence-electron chi connectivity index (χ2n) is 6.78. The maximum absolute atomic E-state index is 13.2. The van der Waals surface area contributed by atoms with Gasteiger partial charge in [0.15, 0.2) is 0 Å². The van der Waals surface area contributed by atoms with Crippen LogP contribution in [0, 0.1) is 5.41 Å². The average molecular weight is 393 g/mol. The van der Waals surface area contributed by atoms with Crippen LogP contribution >= 0.6 is 11.3 Å². The van der Waals surface area contributed by atoms with Crippen molar-refractivity contribution in [2.75, 3.05) is 7.11 Å². The molecule has 0 unspecified atom stereocenters. The monoisotopic (exact) mass is 393 g/mol. The molecule has 4 heterocycles. The molecule has 2 aromatic heterocycles. The molecule has 3 atom stereocenters. The zero-order chi connectivity index (χ0) is 18.4. The highest BCUT2D eigenvalue weighted by Gasteiger charge is 2.64. The van der Waals surface area contributed by atoms with Gasteiger partial charge in [0.25, 0.3) is 0 Å². The number of nitrogens with zero attached hydrogens (tertiary/aromatic N) is 3. The van der Waals surface area contributed by atoms with Crippen molar-refractivity contribution in [3.05, 3.63) is 41.1 Å². The molecule has 2 aliphatic heterocycles. The fraction of sp³-hybridized carbons (Fsp3) is 0.471. The zero-order valence-electron chi connectivity index (χ0n) is 14.2. The largest absolute Gasteiger partial charge is 0.469 e. The average Bonchev–Trinajstić information content (AvgIpc) is 3.37. The first-order valence-corrected chi connectivity index (χ1v) is 10.8. The third kappa shape index (κ3) is 2.57. The van der Waals surface area contributed by atoms with Crippen LogP contribution in [0.3, 0.4) is 0 Å². The van der Waals surface area contributed by atoms with Crippen LogP contribution in [-0.2, 0) is 26.0 Å². The molecule has 0 N–H and O–H groups in total. The Bertz CT molecular complexity index is 901. The van der Waals surface area contributed by atoms with Gasteiger partial charge in [-0.05, 0) is 31.4 Å². The number of carbonyl (C=O) groups is 1. The quantitative estimate of drug-likeness (QED) is 0.721. The van der Waals surface area contributed by atoms with Gasteiger partial charge in [-0.3, -0.25) is 9.78 Å². The number of carbonyl (C=O) groups excluding carboxylic acids is 1. The molecule has 0 aromatic carbocycles. The molecule has 0 aliphatic carbocycles. The van der Waals surface area contributed by atoms with Crippen LogP contribution in [0.4, 0.5) is 0 Å². The summed E-state index contributed by atoms with van der Waals surface area (Å²) in [7, 11) is -2.36. The number of hydrogen-bond donors (Lipinski definition) is 0. The lowest BCUT2D eigenvalue weighted by molar-refractivity contribution is -0.154. The molecular formula is C17H19N3O4S2. The first kappa shape index (κ1) is 17.6. The van der Waals surface area contributed by atoms with Crippen LogP contribution in [0.1, 0.15) is 25.0 Å². The van der Waals surface area contributed by atoms with Crippen LogP contribution in [0.2, 0.25) is 0 Å². The molecule has 2 aliphatic rings. The van der Waals surface area contributed by atoms with E-state index < -0.39 is 21.5 Å². The molecule has 4 rings (SSSR count). The van der Waals surface area contributed by atoms with Crippen molar-refractivity contribution in [2.45, 2.75) is 42.7 Å². The van der Waals surface area contributed by atoms with Crippen molar-refractivity contribution in [2.24, 2.45) is 5.41 Å². The second kappa shape index (κ2) is 6.40. The number of hydrogen-bond acceptors (Lipinski definition) is 7. The number of pyridine rings is 1. The number of ether oxygens (including phenoxy) is 1. The maximum Gasteiger partial charge on any atom is 0.313 e. The van der Waals surface area contributed by atoms with Gasteiger partial charge in [-0.2, -0.15) is 4.31 Å². The Labute approximate surface area is 156 Å². The van der Waals surface area contributed by atoms with Crippen molar-refractivity contribution >= 4 is 27.3 Å². The van der Waals surface area contributed by atoms with Crippen molar-refractivity contribution in [3.63, 3.8) is 0 Å². The highest BCUT2D eigenvalue weighted by Crippen LogP contribution is 2.54. The van der Waals surface area contributed by atoms with Gasteiger partial charge < -0.3 is 4.74 Å². The van der Waals surface area contributed by atoms with Gasteiger partial charge in [-0.1, -0.05) is 0 Å². The highest BCUT2D eigenvalue weighted by atomic mass is 32.2. The van der Waals surface area contributed by atoms with Crippen LogP contribution < -0.4 is 0 Å². The van der Waals surface area contributed by atoms with Crippen LogP contribution in [0.25, 0.3) is 0 Å². The number of methoxy groups -OCH3 is 1. The summed E-state index contributed by atoms with van der Waals surface area (Å²) in [6, 6.07) is 2.52. The molecule has 26 heavy (non-hydrogen) atoms. The molecular weight excluding hydrogens is 374 g/mol. The Morgan fingerprint density at radius 1 is 1.46 bits per heavy atom. The summed E-state index contributed by atoms with van der Waals surface area (Å²) in [4.78, 5) is 21.2. The zero-order valence-corrected chi connectivity index (χ0v) is 15.9. The van der Waals surface area contributed by atoms with E-state index in [9.17, 15) is 13.2 Å².